The molecular formula is C21H22BrN3O. The lowest BCUT2D eigenvalue weighted by Gasteiger charge is -2.21. The van der Waals surface area contributed by atoms with E-state index in [9.17, 15) is 4.79 Å². The Balaban J connectivity index is 1.49. The van der Waals surface area contributed by atoms with Crippen LogP contribution < -0.4 is 10.6 Å². The van der Waals surface area contributed by atoms with E-state index in [0.717, 1.165) is 27.8 Å². The van der Waals surface area contributed by atoms with Crippen molar-refractivity contribution in [3.05, 3.63) is 69.8 Å². The highest BCUT2D eigenvalue weighted by Crippen LogP contribution is 2.29. The molecule has 0 spiro atoms. The van der Waals surface area contributed by atoms with Crippen LogP contribution in [0.1, 0.15) is 29.5 Å². The average Bonchev–Trinajstić information content (AvgIpc) is 3.15. The Morgan fingerprint density at radius 2 is 1.88 bits per heavy atom. The molecule has 0 bridgehead atoms. The van der Waals surface area contributed by atoms with Crippen molar-refractivity contribution >= 4 is 33.1 Å². The fourth-order valence-corrected chi connectivity index (χ4v) is 4.09. The summed E-state index contributed by atoms with van der Waals surface area (Å²) in [5.41, 5.74) is 5.06. The molecule has 0 aromatic heterocycles. The Hall–Kier alpha value is -2.11. The second-order valence-corrected chi connectivity index (χ2v) is 7.69. The Kier molecular flexibility index (Phi) is 5.09. The molecule has 0 aliphatic carbocycles. The SMILES string of the molecule is O=C1NCc2c(Br)cccc2/C1=C/Nc1ccc(CN2CCCC2)cc1. The highest BCUT2D eigenvalue weighted by atomic mass is 79.9. The lowest BCUT2D eigenvalue weighted by Crippen LogP contribution is -2.30. The first-order chi connectivity index (χ1) is 12.7. The van der Waals surface area contributed by atoms with E-state index >= 15 is 0 Å². The third-order valence-corrected chi connectivity index (χ3v) is 5.76. The number of nitrogens with zero attached hydrogens (tertiary/aromatic N) is 1. The number of hydrogen-bond acceptors (Lipinski definition) is 3. The normalized spacial score (nSPS) is 18.7. The number of amides is 1. The standard InChI is InChI=1S/C21H22BrN3O/c22-20-5-3-4-17-18(20)12-24-21(26)19(17)13-23-16-8-6-15(7-9-16)14-25-10-1-2-11-25/h3-9,13,23H,1-2,10-12,14H2,(H,24,26)/b19-13-. The zero-order chi connectivity index (χ0) is 17.9. The molecular weight excluding hydrogens is 390 g/mol. The molecule has 2 aromatic rings. The summed E-state index contributed by atoms with van der Waals surface area (Å²) in [4.78, 5) is 14.8. The smallest absolute Gasteiger partial charge is 0.253 e. The molecule has 0 radical (unpaired) electrons. The number of hydrogen-bond donors (Lipinski definition) is 2. The molecule has 2 heterocycles. The minimum absolute atomic E-state index is 0.0475. The number of carbonyl (C=O) groups is 1. The van der Waals surface area contributed by atoms with Gasteiger partial charge in [0.25, 0.3) is 5.91 Å². The van der Waals surface area contributed by atoms with Crippen molar-refractivity contribution in [2.75, 3.05) is 18.4 Å². The van der Waals surface area contributed by atoms with E-state index in [1.54, 1.807) is 6.20 Å². The van der Waals surface area contributed by atoms with Gasteiger partial charge in [-0.05, 0) is 60.8 Å². The van der Waals surface area contributed by atoms with Gasteiger partial charge in [0.15, 0.2) is 0 Å². The zero-order valence-corrected chi connectivity index (χ0v) is 16.2. The molecule has 134 valence electrons. The van der Waals surface area contributed by atoms with E-state index in [0.29, 0.717) is 12.1 Å². The number of anilines is 1. The number of nitrogens with one attached hydrogen (secondary N) is 2. The van der Waals surface area contributed by atoms with Gasteiger partial charge in [-0.3, -0.25) is 9.69 Å². The Labute approximate surface area is 162 Å². The number of fused-ring (bicyclic) bond motifs is 1. The molecule has 0 atom stereocenters. The van der Waals surface area contributed by atoms with Crippen molar-refractivity contribution in [3.63, 3.8) is 0 Å². The first kappa shape index (κ1) is 17.3. The first-order valence-electron chi connectivity index (χ1n) is 9.05. The summed E-state index contributed by atoms with van der Waals surface area (Å²) in [6, 6.07) is 14.4. The van der Waals surface area contributed by atoms with Crippen molar-refractivity contribution in [2.24, 2.45) is 0 Å². The fourth-order valence-electron chi connectivity index (χ4n) is 3.58. The van der Waals surface area contributed by atoms with E-state index in [2.05, 4.69) is 55.7 Å². The van der Waals surface area contributed by atoms with Crippen LogP contribution in [0, 0.1) is 0 Å². The maximum atomic E-state index is 12.3. The van der Waals surface area contributed by atoms with Gasteiger partial charge in [-0.1, -0.05) is 40.2 Å². The van der Waals surface area contributed by atoms with Crippen LogP contribution in [-0.4, -0.2) is 23.9 Å². The molecule has 1 fully saturated rings. The lowest BCUT2D eigenvalue weighted by molar-refractivity contribution is -0.116. The number of likely N-dealkylation sites (tertiary alicyclic amines) is 1. The van der Waals surface area contributed by atoms with Crippen molar-refractivity contribution in [2.45, 2.75) is 25.9 Å². The number of halogens is 1. The average molecular weight is 412 g/mol. The molecule has 1 amide bonds. The largest absolute Gasteiger partial charge is 0.361 e. The van der Waals surface area contributed by atoms with Crippen LogP contribution in [0.4, 0.5) is 5.69 Å². The van der Waals surface area contributed by atoms with Gasteiger partial charge in [0.2, 0.25) is 0 Å². The highest BCUT2D eigenvalue weighted by molar-refractivity contribution is 9.10. The third-order valence-electron chi connectivity index (χ3n) is 5.02. The molecule has 2 N–H and O–H groups in total. The van der Waals surface area contributed by atoms with Crippen molar-refractivity contribution in [3.8, 4) is 0 Å². The summed E-state index contributed by atoms with van der Waals surface area (Å²) < 4.78 is 1.02. The quantitative estimate of drug-likeness (QED) is 0.743. The van der Waals surface area contributed by atoms with Crippen LogP contribution in [0.3, 0.4) is 0 Å². The van der Waals surface area contributed by atoms with E-state index in [1.807, 2.05) is 18.2 Å². The molecule has 0 unspecified atom stereocenters. The molecule has 2 aliphatic rings. The Morgan fingerprint density at radius 3 is 2.65 bits per heavy atom. The lowest BCUT2D eigenvalue weighted by atomic mass is 9.96. The van der Waals surface area contributed by atoms with Gasteiger partial charge < -0.3 is 10.6 Å². The van der Waals surface area contributed by atoms with Crippen LogP contribution in [0.2, 0.25) is 0 Å². The number of carbonyl (C=O) groups excluding carboxylic acids is 1. The van der Waals surface area contributed by atoms with Crippen LogP contribution in [0.25, 0.3) is 5.57 Å². The second-order valence-electron chi connectivity index (χ2n) is 6.83. The molecule has 4 nitrogen and oxygen atoms in total. The van der Waals surface area contributed by atoms with Crippen molar-refractivity contribution < 1.29 is 4.79 Å². The summed E-state index contributed by atoms with van der Waals surface area (Å²) in [5.74, 6) is -0.0475. The topological polar surface area (TPSA) is 44.4 Å². The van der Waals surface area contributed by atoms with Crippen molar-refractivity contribution in [1.29, 1.82) is 0 Å². The molecule has 1 saturated heterocycles. The summed E-state index contributed by atoms with van der Waals surface area (Å²) >= 11 is 3.57. The molecule has 2 aromatic carbocycles. The minimum Gasteiger partial charge on any atom is -0.361 e. The van der Waals surface area contributed by atoms with Crippen LogP contribution in [-0.2, 0) is 17.9 Å². The summed E-state index contributed by atoms with van der Waals surface area (Å²) in [6.07, 6.45) is 4.43. The predicted molar refractivity (Wildman–Crippen MR) is 109 cm³/mol. The third kappa shape index (κ3) is 3.69. The van der Waals surface area contributed by atoms with Crippen molar-refractivity contribution in [1.82, 2.24) is 10.2 Å². The number of benzene rings is 2. The van der Waals surface area contributed by atoms with Crippen LogP contribution >= 0.6 is 15.9 Å². The van der Waals surface area contributed by atoms with Gasteiger partial charge in [0.05, 0.1) is 5.57 Å². The maximum Gasteiger partial charge on any atom is 0.253 e. The second kappa shape index (κ2) is 7.64. The minimum atomic E-state index is -0.0475. The van der Waals surface area contributed by atoms with Gasteiger partial charge in [0.1, 0.15) is 0 Å². The van der Waals surface area contributed by atoms with Gasteiger partial charge in [-0.25, -0.2) is 0 Å². The molecule has 5 heteroatoms. The summed E-state index contributed by atoms with van der Waals surface area (Å²) in [5, 5.41) is 6.21. The Morgan fingerprint density at radius 1 is 1.12 bits per heavy atom. The van der Waals surface area contributed by atoms with Crippen LogP contribution in [0.5, 0.6) is 0 Å². The summed E-state index contributed by atoms with van der Waals surface area (Å²) in [6.45, 7) is 3.98. The number of rotatable bonds is 4. The monoisotopic (exact) mass is 411 g/mol. The van der Waals surface area contributed by atoms with Crippen LogP contribution in [0.15, 0.2) is 53.1 Å². The highest BCUT2D eigenvalue weighted by Gasteiger charge is 2.22. The van der Waals surface area contributed by atoms with Gasteiger partial charge in [-0.15, -0.1) is 0 Å². The molecule has 4 rings (SSSR count). The van der Waals surface area contributed by atoms with E-state index in [-0.39, 0.29) is 5.91 Å². The van der Waals surface area contributed by atoms with E-state index in [4.69, 9.17) is 0 Å². The van der Waals surface area contributed by atoms with E-state index < -0.39 is 0 Å². The first-order valence-corrected chi connectivity index (χ1v) is 9.84. The van der Waals surface area contributed by atoms with Gasteiger partial charge >= 0.3 is 0 Å². The maximum absolute atomic E-state index is 12.3. The van der Waals surface area contributed by atoms with Gasteiger partial charge in [0, 0.05) is 29.4 Å². The molecule has 26 heavy (non-hydrogen) atoms. The summed E-state index contributed by atoms with van der Waals surface area (Å²) in [7, 11) is 0. The van der Waals surface area contributed by atoms with Gasteiger partial charge in [-0.2, -0.15) is 0 Å². The predicted octanol–water partition coefficient (Wildman–Crippen LogP) is 4.13. The Bertz CT molecular complexity index is 839. The fraction of sp³-hybridized carbons (Fsp3) is 0.286. The van der Waals surface area contributed by atoms with E-state index in [1.165, 1.54) is 31.5 Å². The molecule has 0 saturated carbocycles. The zero-order valence-electron chi connectivity index (χ0n) is 14.6. The molecule has 2 aliphatic heterocycles.